The highest BCUT2D eigenvalue weighted by molar-refractivity contribution is 8.16. The first-order valence-corrected chi connectivity index (χ1v) is 6.01. The average Bonchev–Trinajstić information content (AvgIpc) is 2.69. The molecule has 1 aromatic rings. The fraction of sp³-hybridized carbons (Fsp3) is 0.0909. The van der Waals surface area contributed by atoms with Gasteiger partial charge in [-0.1, -0.05) is 0 Å². The van der Waals surface area contributed by atoms with Gasteiger partial charge in [-0.2, -0.15) is 0 Å². The van der Waals surface area contributed by atoms with Crippen molar-refractivity contribution >= 4 is 40.5 Å². The number of carboxylic acids is 1. The third kappa shape index (κ3) is 2.91. The van der Waals surface area contributed by atoms with Gasteiger partial charge in [0.25, 0.3) is 11.1 Å². The van der Waals surface area contributed by atoms with Gasteiger partial charge in [0.2, 0.25) is 5.91 Å². The first kappa shape index (κ1) is 13.1. The second kappa shape index (κ2) is 5.11. The molecule has 1 aliphatic rings. The Morgan fingerprint density at radius 2 is 1.84 bits per heavy atom. The Morgan fingerprint density at radius 1 is 1.21 bits per heavy atom. The molecule has 7 nitrogen and oxygen atoms in total. The zero-order chi connectivity index (χ0) is 14.0. The van der Waals surface area contributed by atoms with Gasteiger partial charge in [-0.05, 0) is 36.0 Å². The van der Waals surface area contributed by atoms with Crippen molar-refractivity contribution in [2.24, 2.45) is 0 Å². The molecule has 0 bridgehead atoms. The van der Waals surface area contributed by atoms with Crippen LogP contribution in [0.2, 0.25) is 0 Å². The Bertz CT molecular complexity index is 569. The van der Waals surface area contributed by atoms with Crippen molar-refractivity contribution in [1.29, 1.82) is 0 Å². The zero-order valence-electron chi connectivity index (χ0n) is 9.38. The predicted octanol–water partition coefficient (Wildman–Crippen LogP) is 0.675. The Hall–Kier alpha value is -2.35. The first-order valence-electron chi connectivity index (χ1n) is 5.13. The molecule has 0 radical (unpaired) electrons. The Morgan fingerprint density at radius 3 is 2.32 bits per heavy atom. The van der Waals surface area contributed by atoms with Gasteiger partial charge in [0.15, 0.2) is 5.25 Å². The maximum absolute atomic E-state index is 11.7. The van der Waals surface area contributed by atoms with Crippen LogP contribution in [0.4, 0.5) is 10.5 Å². The van der Waals surface area contributed by atoms with Crippen molar-refractivity contribution in [1.82, 2.24) is 5.32 Å². The van der Waals surface area contributed by atoms with Crippen molar-refractivity contribution in [2.45, 2.75) is 5.25 Å². The van der Waals surface area contributed by atoms with Crippen LogP contribution in [0.15, 0.2) is 24.3 Å². The van der Waals surface area contributed by atoms with E-state index in [1.807, 2.05) is 5.32 Å². The number of thioether (sulfide) groups is 1. The molecule has 0 aliphatic carbocycles. The van der Waals surface area contributed by atoms with Crippen LogP contribution in [0.5, 0.6) is 0 Å². The predicted molar refractivity (Wildman–Crippen MR) is 66.9 cm³/mol. The van der Waals surface area contributed by atoms with Crippen molar-refractivity contribution in [3.63, 3.8) is 0 Å². The number of amides is 3. The van der Waals surface area contributed by atoms with Gasteiger partial charge in [-0.15, -0.1) is 0 Å². The SMILES string of the molecule is O=C1NC(=O)C(C(=O)Nc2ccc(C(=O)O)cc2)S1. The van der Waals surface area contributed by atoms with E-state index in [1.165, 1.54) is 24.3 Å². The summed E-state index contributed by atoms with van der Waals surface area (Å²) in [5.41, 5.74) is 0.434. The summed E-state index contributed by atoms with van der Waals surface area (Å²) in [5.74, 6) is -2.36. The molecule has 19 heavy (non-hydrogen) atoms. The molecule has 2 rings (SSSR count). The van der Waals surface area contributed by atoms with Crippen molar-refractivity contribution in [3.05, 3.63) is 29.8 Å². The van der Waals surface area contributed by atoms with E-state index in [0.717, 1.165) is 0 Å². The van der Waals surface area contributed by atoms with E-state index < -0.39 is 28.3 Å². The van der Waals surface area contributed by atoms with Crippen LogP contribution in [0.1, 0.15) is 10.4 Å². The van der Waals surface area contributed by atoms with Gasteiger partial charge in [0, 0.05) is 5.69 Å². The molecule has 1 unspecified atom stereocenters. The molecule has 0 spiro atoms. The summed E-state index contributed by atoms with van der Waals surface area (Å²) in [6.45, 7) is 0. The lowest BCUT2D eigenvalue weighted by Crippen LogP contribution is -2.33. The standard InChI is InChI=1S/C11H8N2O5S/c14-8(7-9(15)13-11(18)19-7)12-6-3-1-5(2-4-6)10(16)17/h1-4,7H,(H,12,14)(H,16,17)(H,13,15,18). The molecule has 1 aromatic carbocycles. The van der Waals surface area contributed by atoms with E-state index in [9.17, 15) is 19.2 Å². The minimum Gasteiger partial charge on any atom is -0.478 e. The number of carboxylic acid groups (broad SMARTS) is 1. The molecule has 0 saturated carbocycles. The first-order chi connectivity index (χ1) is 8.97. The van der Waals surface area contributed by atoms with Gasteiger partial charge in [0.05, 0.1) is 5.56 Å². The van der Waals surface area contributed by atoms with E-state index in [-0.39, 0.29) is 5.56 Å². The molecule has 1 heterocycles. The third-order valence-corrected chi connectivity index (χ3v) is 3.31. The van der Waals surface area contributed by atoms with Crippen LogP contribution in [0.3, 0.4) is 0 Å². The number of rotatable bonds is 3. The highest BCUT2D eigenvalue weighted by atomic mass is 32.2. The smallest absolute Gasteiger partial charge is 0.335 e. The number of hydrogen-bond donors (Lipinski definition) is 3. The van der Waals surface area contributed by atoms with Crippen LogP contribution in [-0.4, -0.2) is 33.4 Å². The van der Waals surface area contributed by atoms with Gasteiger partial charge < -0.3 is 10.4 Å². The molecule has 0 aromatic heterocycles. The van der Waals surface area contributed by atoms with Gasteiger partial charge in [-0.3, -0.25) is 19.7 Å². The van der Waals surface area contributed by atoms with Crippen LogP contribution < -0.4 is 10.6 Å². The monoisotopic (exact) mass is 280 g/mol. The molecule has 8 heteroatoms. The summed E-state index contributed by atoms with van der Waals surface area (Å²) in [6.07, 6.45) is 0. The van der Waals surface area contributed by atoms with Gasteiger partial charge >= 0.3 is 5.97 Å². The van der Waals surface area contributed by atoms with E-state index in [0.29, 0.717) is 17.4 Å². The fourth-order valence-corrected chi connectivity index (χ4v) is 2.14. The van der Waals surface area contributed by atoms with E-state index >= 15 is 0 Å². The lowest BCUT2D eigenvalue weighted by molar-refractivity contribution is -0.124. The van der Waals surface area contributed by atoms with E-state index in [1.54, 1.807) is 0 Å². The van der Waals surface area contributed by atoms with Gasteiger partial charge in [0.1, 0.15) is 0 Å². The van der Waals surface area contributed by atoms with E-state index in [4.69, 9.17) is 5.11 Å². The minimum absolute atomic E-state index is 0.0844. The Labute approximate surface area is 111 Å². The summed E-state index contributed by atoms with van der Waals surface area (Å²) in [7, 11) is 0. The molecule has 1 atom stereocenters. The summed E-state index contributed by atoms with van der Waals surface area (Å²) < 4.78 is 0. The lowest BCUT2D eigenvalue weighted by Gasteiger charge is -2.07. The molecule has 98 valence electrons. The maximum atomic E-state index is 11.7. The van der Waals surface area contributed by atoms with Crippen molar-refractivity contribution in [3.8, 4) is 0 Å². The number of aromatic carboxylic acids is 1. The van der Waals surface area contributed by atoms with Gasteiger partial charge in [-0.25, -0.2) is 4.79 Å². The second-order valence-electron chi connectivity index (χ2n) is 3.65. The lowest BCUT2D eigenvalue weighted by atomic mass is 10.2. The minimum atomic E-state index is -1.12. The molecule has 1 aliphatic heterocycles. The Balaban J connectivity index is 2.05. The van der Waals surface area contributed by atoms with Crippen LogP contribution >= 0.6 is 11.8 Å². The third-order valence-electron chi connectivity index (χ3n) is 2.33. The largest absolute Gasteiger partial charge is 0.478 e. The van der Waals surface area contributed by atoms with Crippen LogP contribution in [0.25, 0.3) is 0 Å². The zero-order valence-corrected chi connectivity index (χ0v) is 10.2. The van der Waals surface area contributed by atoms with Crippen LogP contribution in [-0.2, 0) is 9.59 Å². The molecule has 1 fully saturated rings. The highest BCUT2D eigenvalue weighted by Gasteiger charge is 2.37. The number of anilines is 1. The van der Waals surface area contributed by atoms with Crippen LogP contribution in [0, 0.1) is 0 Å². The number of carbonyl (C=O) groups excluding carboxylic acids is 3. The summed E-state index contributed by atoms with van der Waals surface area (Å²) >= 11 is 0.603. The number of hydrogen-bond acceptors (Lipinski definition) is 5. The average molecular weight is 280 g/mol. The number of nitrogens with one attached hydrogen (secondary N) is 2. The fourth-order valence-electron chi connectivity index (χ4n) is 1.43. The Kier molecular flexibility index (Phi) is 3.52. The number of benzene rings is 1. The number of imide groups is 1. The van der Waals surface area contributed by atoms with Crippen molar-refractivity contribution in [2.75, 3.05) is 5.32 Å². The topological polar surface area (TPSA) is 113 Å². The summed E-state index contributed by atoms with van der Waals surface area (Å²) in [6, 6.07) is 5.46. The molecule has 3 N–H and O–H groups in total. The summed E-state index contributed by atoms with van der Waals surface area (Å²) in [4.78, 5) is 44.6. The molecule has 1 saturated heterocycles. The highest BCUT2D eigenvalue weighted by Crippen LogP contribution is 2.20. The molecular formula is C11H8N2O5S. The number of carbonyl (C=O) groups is 4. The molecule has 3 amide bonds. The second-order valence-corrected chi connectivity index (χ2v) is 4.72. The van der Waals surface area contributed by atoms with E-state index in [2.05, 4.69) is 5.32 Å². The summed E-state index contributed by atoms with van der Waals surface area (Å²) in [5, 5.41) is 11.5. The van der Waals surface area contributed by atoms with Crippen molar-refractivity contribution < 1.29 is 24.3 Å². The maximum Gasteiger partial charge on any atom is 0.335 e. The normalized spacial score (nSPS) is 18.0. The quantitative estimate of drug-likeness (QED) is 0.702. The molecular weight excluding hydrogens is 272 g/mol.